The van der Waals surface area contributed by atoms with Gasteiger partial charge >= 0.3 is 17.7 Å². The Balaban J connectivity index is 5.57. The van der Waals surface area contributed by atoms with E-state index in [9.17, 15) is 31.3 Å². The normalized spacial score (nSPS) is 17.7. The molecule has 0 aromatic carbocycles. The van der Waals surface area contributed by atoms with Crippen LogP contribution in [0.3, 0.4) is 0 Å². The van der Waals surface area contributed by atoms with Gasteiger partial charge in [0.1, 0.15) is 0 Å². The molecule has 0 aromatic heterocycles. The second kappa shape index (κ2) is 3.54. The summed E-state index contributed by atoms with van der Waals surface area (Å²) >= 11 is 0. The minimum atomic E-state index is -5.42. The highest BCUT2D eigenvalue weighted by atomic mass is 19.4. The Morgan fingerprint density at radius 2 is 1.47 bits per heavy atom. The third kappa shape index (κ3) is 1.87. The molecule has 0 rings (SSSR count). The lowest BCUT2D eigenvalue weighted by atomic mass is 9.93. The van der Waals surface area contributed by atoms with Crippen LogP contribution in [0.4, 0.5) is 26.5 Å². The van der Waals surface area contributed by atoms with Gasteiger partial charge in [-0.3, -0.25) is 0 Å². The summed E-state index contributed by atoms with van der Waals surface area (Å²) in [4.78, 5) is 10.0. The van der Waals surface area contributed by atoms with Crippen molar-refractivity contribution < 1.29 is 36.4 Å². The van der Waals surface area contributed by atoms with E-state index in [0.29, 0.717) is 0 Å². The van der Waals surface area contributed by atoms with Crippen LogP contribution in [0.25, 0.3) is 0 Å². The molecule has 0 bridgehead atoms. The molecule has 15 heavy (non-hydrogen) atoms. The largest absolute Gasteiger partial charge is 0.478 e. The smallest absolute Gasteiger partial charge is 0.381 e. The molecular formula is C6H7F6NO2. The molecule has 90 valence electrons. The van der Waals surface area contributed by atoms with Crippen molar-refractivity contribution in [3.63, 3.8) is 0 Å². The lowest BCUT2D eigenvalue weighted by Gasteiger charge is -2.34. The monoisotopic (exact) mass is 239 g/mol. The molecule has 3 nitrogen and oxygen atoms in total. The van der Waals surface area contributed by atoms with E-state index in [2.05, 4.69) is 0 Å². The number of nitrogens with zero attached hydrogens (tertiary/aromatic N) is 1. The van der Waals surface area contributed by atoms with E-state index < -0.39 is 28.7 Å². The van der Waals surface area contributed by atoms with E-state index >= 15 is 0 Å². The Hall–Kier alpha value is -0.990. The van der Waals surface area contributed by atoms with Crippen LogP contribution >= 0.6 is 0 Å². The summed E-state index contributed by atoms with van der Waals surface area (Å²) in [6.07, 6.45) is 0. The molecule has 1 atom stereocenters. The standard InChI is InChI=1S/C6H7F6NO2/c1-4(2,7)6(9,10)5(8,3(14)15)13(11)12/h1-2H3,(H,14,15). The second-order valence-electron chi connectivity index (χ2n) is 3.21. The Morgan fingerprint density at radius 3 is 1.53 bits per heavy atom. The molecule has 1 unspecified atom stereocenters. The molecule has 0 aliphatic carbocycles. The summed E-state index contributed by atoms with van der Waals surface area (Å²) in [6.45, 7) is 0.182. The molecule has 0 aliphatic rings. The quantitative estimate of drug-likeness (QED) is 0.464. The number of carboxylic acid groups (broad SMARTS) is 1. The second-order valence-corrected chi connectivity index (χ2v) is 3.21. The van der Waals surface area contributed by atoms with Gasteiger partial charge in [0.2, 0.25) is 0 Å². The van der Waals surface area contributed by atoms with Gasteiger partial charge in [-0.25, -0.2) is 13.6 Å². The molecule has 0 aliphatic heterocycles. The summed E-state index contributed by atoms with van der Waals surface area (Å²) in [5.41, 5.74) is -3.77. The van der Waals surface area contributed by atoms with Crippen molar-refractivity contribution in [3.05, 3.63) is 0 Å². The fourth-order valence-electron chi connectivity index (χ4n) is 0.707. The number of aliphatic carboxylic acids is 1. The molecule has 0 amide bonds. The average molecular weight is 239 g/mol. The van der Waals surface area contributed by atoms with Crippen LogP contribution in [0.2, 0.25) is 0 Å². The van der Waals surface area contributed by atoms with Crippen molar-refractivity contribution in [1.29, 1.82) is 0 Å². The Labute approximate surface area is 80.1 Å². The van der Waals surface area contributed by atoms with E-state index in [0.717, 1.165) is 0 Å². The average Bonchev–Trinajstić information content (AvgIpc) is 1.99. The molecule has 0 saturated carbocycles. The van der Waals surface area contributed by atoms with Crippen LogP contribution < -0.4 is 0 Å². The van der Waals surface area contributed by atoms with Crippen LogP contribution in [0.5, 0.6) is 0 Å². The molecule has 0 heterocycles. The van der Waals surface area contributed by atoms with Gasteiger partial charge in [0.05, 0.1) is 5.34 Å². The highest BCUT2D eigenvalue weighted by molar-refractivity contribution is 5.78. The zero-order valence-corrected chi connectivity index (χ0v) is 7.57. The molecule has 0 radical (unpaired) electrons. The van der Waals surface area contributed by atoms with Gasteiger partial charge in [0, 0.05) is 0 Å². The van der Waals surface area contributed by atoms with Crippen LogP contribution in [-0.4, -0.2) is 33.8 Å². The van der Waals surface area contributed by atoms with E-state index in [-0.39, 0.29) is 13.8 Å². The van der Waals surface area contributed by atoms with Gasteiger partial charge in [0.25, 0.3) is 0 Å². The highest BCUT2D eigenvalue weighted by Crippen LogP contribution is 2.45. The number of carboxylic acids is 1. The summed E-state index contributed by atoms with van der Waals surface area (Å²) in [5, 5.41) is 5.09. The van der Waals surface area contributed by atoms with E-state index in [1.807, 2.05) is 0 Å². The first-order chi connectivity index (χ1) is 6.39. The van der Waals surface area contributed by atoms with Gasteiger partial charge in [-0.1, -0.05) is 8.96 Å². The van der Waals surface area contributed by atoms with E-state index in [1.165, 1.54) is 0 Å². The topological polar surface area (TPSA) is 40.5 Å². The SMILES string of the molecule is CC(C)(F)C(F)(F)C(F)(C(=O)O)N(F)F. The van der Waals surface area contributed by atoms with Gasteiger partial charge in [-0.15, -0.1) is 0 Å². The van der Waals surface area contributed by atoms with Crippen molar-refractivity contribution in [2.75, 3.05) is 0 Å². The maximum Gasteiger partial charge on any atom is 0.381 e. The lowest BCUT2D eigenvalue weighted by molar-refractivity contribution is -0.355. The van der Waals surface area contributed by atoms with E-state index in [1.54, 1.807) is 0 Å². The van der Waals surface area contributed by atoms with Crippen molar-refractivity contribution in [2.24, 2.45) is 0 Å². The summed E-state index contributed by atoms with van der Waals surface area (Å²) in [5.74, 6) is -14.0. The summed E-state index contributed by atoms with van der Waals surface area (Å²) < 4.78 is 74.9. The summed E-state index contributed by atoms with van der Waals surface area (Å²) in [7, 11) is 0. The fourth-order valence-corrected chi connectivity index (χ4v) is 0.707. The maximum absolute atomic E-state index is 12.9. The first-order valence-corrected chi connectivity index (χ1v) is 3.50. The predicted octanol–water partition coefficient (Wildman–Crippen LogP) is 2.19. The fraction of sp³-hybridized carbons (Fsp3) is 0.833. The zero-order chi connectivity index (χ0) is 12.7. The minimum Gasteiger partial charge on any atom is -0.478 e. The molecular weight excluding hydrogens is 232 g/mol. The van der Waals surface area contributed by atoms with Crippen LogP contribution in [0.15, 0.2) is 0 Å². The molecule has 0 fully saturated rings. The summed E-state index contributed by atoms with van der Waals surface area (Å²) in [6, 6.07) is 0. The molecule has 0 saturated heterocycles. The molecule has 1 N–H and O–H groups in total. The number of alkyl halides is 4. The maximum atomic E-state index is 12.9. The molecule has 0 aromatic rings. The minimum absolute atomic E-state index is 0.0910. The van der Waals surface area contributed by atoms with Gasteiger partial charge < -0.3 is 5.11 Å². The van der Waals surface area contributed by atoms with Crippen molar-refractivity contribution >= 4 is 5.97 Å². The Bertz CT molecular complexity index is 263. The third-order valence-electron chi connectivity index (χ3n) is 1.68. The van der Waals surface area contributed by atoms with Gasteiger partial charge in [-0.05, 0) is 13.8 Å². The van der Waals surface area contributed by atoms with Crippen molar-refractivity contribution in [3.8, 4) is 0 Å². The van der Waals surface area contributed by atoms with Crippen LogP contribution in [0.1, 0.15) is 13.8 Å². The van der Waals surface area contributed by atoms with Gasteiger partial charge in [-0.2, -0.15) is 8.78 Å². The molecule has 9 heteroatoms. The number of carbonyl (C=O) groups is 1. The third-order valence-corrected chi connectivity index (χ3v) is 1.68. The first-order valence-electron chi connectivity index (χ1n) is 3.50. The first kappa shape index (κ1) is 14.0. The number of hydrogen-bond donors (Lipinski definition) is 1. The number of rotatable bonds is 4. The van der Waals surface area contributed by atoms with Crippen molar-refractivity contribution in [1.82, 2.24) is 5.34 Å². The van der Waals surface area contributed by atoms with Crippen LogP contribution in [0, 0.1) is 0 Å². The number of hydrogen-bond acceptors (Lipinski definition) is 2. The Kier molecular flexibility index (Phi) is 3.31. The van der Waals surface area contributed by atoms with E-state index in [4.69, 9.17) is 5.11 Å². The van der Waals surface area contributed by atoms with Crippen molar-refractivity contribution in [2.45, 2.75) is 31.2 Å². The Morgan fingerprint density at radius 1 is 1.13 bits per heavy atom. The molecule has 0 spiro atoms. The zero-order valence-electron chi connectivity index (χ0n) is 7.57. The van der Waals surface area contributed by atoms with Gasteiger partial charge in [0.15, 0.2) is 5.67 Å². The predicted molar refractivity (Wildman–Crippen MR) is 35.7 cm³/mol. The number of halogens is 6. The van der Waals surface area contributed by atoms with Crippen LogP contribution in [-0.2, 0) is 4.79 Å². The lowest BCUT2D eigenvalue weighted by Crippen LogP contribution is -2.64. The highest BCUT2D eigenvalue weighted by Gasteiger charge is 2.74.